The normalized spacial score (nSPS) is 10.8. The van der Waals surface area contributed by atoms with E-state index in [0.29, 0.717) is 11.1 Å². The number of Topliss-reactive ketones (excluding diaryl/α,β-unsaturated/α-hetero) is 1. The van der Waals surface area contributed by atoms with Gasteiger partial charge in [0.05, 0.1) is 11.1 Å². The number of fused-ring (bicyclic) bond motifs is 1. The fourth-order valence-corrected chi connectivity index (χ4v) is 3.28. The summed E-state index contributed by atoms with van der Waals surface area (Å²) in [5.41, 5.74) is 5.38. The molecule has 4 heteroatoms. The van der Waals surface area contributed by atoms with Crippen molar-refractivity contribution in [2.24, 2.45) is 0 Å². The van der Waals surface area contributed by atoms with Crippen LogP contribution in [0.3, 0.4) is 0 Å². The number of para-hydroxylation sites is 1. The molecule has 138 valence electrons. The Morgan fingerprint density at radius 2 is 1.78 bits per heavy atom. The maximum Gasteiger partial charge on any atom is 0.339 e. The van der Waals surface area contributed by atoms with Gasteiger partial charge in [0.25, 0.3) is 0 Å². The number of nitrogens with zero attached hydrogens (tertiary/aromatic N) is 1. The van der Waals surface area contributed by atoms with Gasteiger partial charge in [0.1, 0.15) is 0 Å². The minimum absolute atomic E-state index is 0.198. The summed E-state index contributed by atoms with van der Waals surface area (Å²) in [6.07, 6.45) is 0.721. The zero-order chi connectivity index (χ0) is 19.6. The van der Waals surface area contributed by atoms with E-state index < -0.39 is 5.97 Å². The van der Waals surface area contributed by atoms with Crippen molar-refractivity contribution in [1.29, 1.82) is 0 Å². The lowest BCUT2D eigenvalue weighted by atomic mass is 10.00. The highest BCUT2D eigenvalue weighted by Crippen LogP contribution is 2.24. The molecule has 0 atom stereocenters. The number of esters is 1. The van der Waals surface area contributed by atoms with E-state index in [0.717, 1.165) is 39.7 Å². The Morgan fingerprint density at radius 1 is 1.04 bits per heavy atom. The molecule has 0 fully saturated rings. The highest BCUT2D eigenvalue weighted by Gasteiger charge is 2.20. The van der Waals surface area contributed by atoms with Crippen LogP contribution < -0.4 is 0 Å². The Bertz CT molecular complexity index is 1040. The molecule has 1 aromatic heterocycles. The summed E-state index contributed by atoms with van der Waals surface area (Å²) in [6.45, 7) is 7.41. The minimum Gasteiger partial charge on any atom is -0.454 e. The van der Waals surface area contributed by atoms with E-state index in [1.54, 1.807) is 0 Å². The minimum atomic E-state index is -0.487. The molecule has 0 spiro atoms. The summed E-state index contributed by atoms with van der Waals surface area (Å²) in [4.78, 5) is 30.0. The molecular formula is C23H23NO3. The fourth-order valence-electron chi connectivity index (χ4n) is 3.28. The van der Waals surface area contributed by atoms with Crippen molar-refractivity contribution in [2.75, 3.05) is 6.61 Å². The SMILES string of the molecule is CCc1nc2ccccc2c(C(=O)OCC(=O)c2cc(C)ccc2C)c1C. The Kier molecular flexibility index (Phi) is 5.36. The number of hydrogen-bond donors (Lipinski definition) is 0. The number of pyridine rings is 1. The Labute approximate surface area is 159 Å². The van der Waals surface area contributed by atoms with Gasteiger partial charge in [-0.15, -0.1) is 0 Å². The second-order valence-electron chi connectivity index (χ2n) is 6.75. The first-order valence-electron chi connectivity index (χ1n) is 9.08. The first kappa shape index (κ1) is 18.8. The molecule has 0 N–H and O–H groups in total. The van der Waals surface area contributed by atoms with Crippen LogP contribution in [-0.2, 0) is 11.2 Å². The Balaban J connectivity index is 1.89. The van der Waals surface area contributed by atoms with Gasteiger partial charge >= 0.3 is 5.97 Å². The number of benzene rings is 2. The largest absolute Gasteiger partial charge is 0.454 e. The number of rotatable bonds is 5. The predicted molar refractivity (Wildman–Crippen MR) is 106 cm³/mol. The number of aromatic nitrogens is 1. The topological polar surface area (TPSA) is 56.3 Å². The lowest BCUT2D eigenvalue weighted by molar-refractivity contribution is 0.0475. The van der Waals surface area contributed by atoms with Gasteiger partial charge in [-0.05, 0) is 50.5 Å². The molecular weight excluding hydrogens is 338 g/mol. The molecule has 0 aliphatic carbocycles. The van der Waals surface area contributed by atoms with Crippen molar-refractivity contribution in [3.8, 4) is 0 Å². The monoisotopic (exact) mass is 361 g/mol. The number of ketones is 1. The molecule has 0 aliphatic heterocycles. The van der Waals surface area contributed by atoms with Crippen LogP contribution in [0.1, 0.15) is 50.0 Å². The number of ether oxygens (including phenoxy) is 1. The molecule has 0 saturated carbocycles. The smallest absolute Gasteiger partial charge is 0.339 e. The molecule has 4 nitrogen and oxygen atoms in total. The van der Waals surface area contributed by atoms with Crippen molar-refractivity contribution in [2.45, 2.75) is 34.1 Å². The maximum atomic E-state index is 12.8. The summed E-state index contributed by atoms with van der Waals surface area (Å²) in [6, 6.07) is 13.2. The molecule has 27 heavy (non-hydrogen) atoms. The third-order valence-electron chi connectivity index (χ3n) is 4.80. The Hall–Kier alpha value is -3.01. The average molecular weight is 361 g/mol. The van der Waals surface area contributed by atoms with E-state index in [1.807, 2.05) is 70.2 Å². The van der Waals surface area contributed by atoms with E-state index in [9.17, 15) is 9.59 Å². The van der Waals surface area contributed by atoms with Gasteiger partial charge in [-0.3, -0.25) is 9.78 Å². The average Bonchev–Trinajstić information content (AvgIpc) is 2.67. The van der Waals surface area contributed by atoms with Gasteiger partial charge in [0.2, 0.25) is 5.78 Å². The van der Waals surface area contributed by atoms with E-state index in [1.165, 1.54) is 0 Å². The van der Waals surface area contributed by atoms with Crippen molar-refractivity contribution >= 4 is 22.7 Å². The van der Waals surface area contributed by atoms with Crippen molar-refractivity contribution in [3.63, 3.8) is 0 Å². The zero-order valence-corrected chi connectivity index (χ0v) is 16.1. The van der Waals surface area contributed by atoms with Crippen LogP contribution in [0.4, 0.5) is 0 Å². The van der Waals surface area contributed by atoms with Crippen molar-refractivity contribution in [3.05, 3.63) is 76.0 Å². The molecule has 3 aromatic rings. The van der Waals surface area contributed by atoms with Crippen LogP contribution in [0.15, 0.2) is 42.5 Å². The number of aryl methyl sites for hydroxylation is 3. The molecule has 0 radical (unpaired) electrons. The molecule has 2 aromatic carbocycles. The number of carbonyl (C=O) groups is 2. The molecule has 0 bridgehead atoms. The third-order valence-corrected chi connectivity index (χ3v) is 4.80. The third kappa shape index (κ3) is 3.75. The van der Waals surface area contributed by atoms with E-state index >= 15 is 0 Å². The fraction of sp³-hybridized carbons (Fsp3) is 0.261. The number of hydrogen-bond acceptors (Lipinski definition) is 4. The highest BCUT2D eigenvalue weighted by molar-refractivity contribution is 6.06. The van der Waals surface area contributed by atoms with Crippen LogP contribution in [0.2, 0.25) is 0 Å². The lowest BCUT2D eigenvalue weighted by Crippen LogP contribution is -2.17. The molecule has 3 rings (SSSR count). The molecule has 1 heterocycles. The summed E-state index contributed by atoms with van der Waals surface area (Å²) < 4.78 is 5.41. The molecule has 0 saturated heterocycles. The standard InChI is InChI=1S/C23H23NO3/c1-5-19-16(4)22(17-8-6-7-9-20(17)24-19)23(26)27-13-21(25)18-12-14(2)10-11-15(18)3/h6-12H,5,13H2,1-4H3. The molecule has 0 aliphatic rings. The highest BCUT2D eigenvalue weighted by atomic mass is 16.5. The first-order valence-corrected chi connectivity index (χ1v) is 9.08. The van der Waals surface area contributed by atoms with Crippen LogP contribution in [0.5, 0.6) is 0 Å². The van der Waals surface area contributed by atoms with Crippen molar-refractivity contribution in [1.82, 2.24) is 4.98 Å². The predicted octanol–water partition coefficient (Wildman–Crippen LogP) is 4.76. The first-order chi connectivity index (χ1) is 12.9. The second-order valence-corrected chi connectivity index (χ2v) is 6.75. The van der Waals surface area contributed by atoms with Gasteiger partial charge in [-0.1, -0.05) is 42.8 Å². The van der Waals surface area contributed by atoms with Gasteiger partial charge in [0.15, 0.2) is 6.61 Å². The summed E-state index contributed by atoms with van der Waals surface area (Å²) >= 11 is 0. The molecule has 0 unspecified atom stereocenters. The summed E-state index contributed by atoms with van der Waals surface area (Å²) in [5, 5.41) is 0.747. The summed E-state index contributed by atoms with van der Waals surface area (Å²) in [5.74, 6) is -0.685. The van der Waals surface area contributed by atoms with Crippen LogP contribution in [-0.4, -0.2) is 23.3 Å². The van der Waals surface area contributed by atoms with Crippen molar-refractivity contribution < 1.29 is 14.3 Å². The van der Waals surface area contributed by atoms with Gasteiger partial charge in [-0.2, -0.15) is 0 Å². The van der Waals surface area contributed by atoms with Gasteiger partial charge in [-0.25, -0.2) is 4.79 Å². The van der Waals surface area contributed by atoms with Gasteiger partial charge < -0.3 is 4.74 Å². The zero-order valence-electron chi connectivity index (χ0n) is 16.1. The summed E-state index contributed by atoms with van der Waals surface area (Å²) in [7, 11) is 0. The maximum absolute atomic E-state index is 12.8. The second kappa shape index (κ2) is 7.70. The van der Waals surface area contributed by atoms with Gasteiger partial charge in [0, 0.05) is 16.6 Å². The lowest BCUT2D eigenvalue weighted by Gasteiger charge is -2.13. The van der Waals surface area contributed by atoms with E-state index in [4.69, 9.17) is 4.74 Å². The number of carbonyl (C=O) groups excluding carboxylic acids is 2. The van der Waals surface area contributed by atoms with Crippen LogP contribution in [0.25, 0.3) is 10.9 Å². The van der Waals surface area contributed by atoms with E-state index in [2.05, 4.69) is 4.98 Å². The van der Waals surface area contributed by atoms with Crippen LogP contribution >= 0.6 is 0 Å². The van der Waals surface area contributed by atoms with Crippen LogP contribution in [0, 0.1) is 20.8 Å². The van der Waals surface area contributed by atoms with E-state index in [-0.39, 0.29) is 12.4 Å². The quantitative estimate of drug-likeness (QED) is 0.485. The Morgan fingerprint density at radius 3 is 2.52 bits per heavy atom. The molecule has 0 amide bonds.